The molecule has 0 radical (unpaired) electrons. The lowest BCUT2D eigenvalue weighted by Crippen LogP contribution is -2.00. The molecule has 2 aromatic carbocycles. The molecule has 0 bridgehead atoms. The number of aryl methyl sites for hydroxylation is 1. The van der Waals surface area contributed by atoms with Crippen molar-refractivity contribution in [1.29, 1.82) is 0 Å². The molecule has 0 fully saturated rings. The molecule has 1 heterocycles. The standard InChI is InChI=1S/C18H16FN3O2/c1-2-22-15-10-8-14(17(19)18(15)20-21-22)9-11-16(23)24-12-13-6-4-3-5-7-13/h3-11H,2,12H2,1H3/b11-9+. The van der Waals surface area contributed by atoms with Gasteiger partial charge in [-0.15, -0.1) is 5.10 Å². The fraction of sp³-hybridized carbons (Fsp3) is 0.167. The first kappa shape index (κ1) is 15.9. The minimum absolute atomic E-state index is 0.177. The summed E-state index contributed by atoms with van der Waals surface area (Å²) >= 11 is 0. The molecule has 122 valence electrons. The quantitative estimate of drug-likeness (QED) is 0.533. The smallest absolute Gasteiger partial charge is 0.331 e. The van der Waals surface area contributed by atoms with Gasteiger partial charge >= 0.3 is 5.97 Å². The van der Waals surface area contributed by atoms with Gasteiger partial charge in [-0.2, -0.15) is 0 Å². The Labute approximate surface area is 138 Å². The molecule has 0 atom stereocenters. The van der Waals surface area contributed by atoms with Crippen LogP contribution < -0.4 is 0 Å². The molecular formula is C18H16FN3O2. The normalized spacial score (nSPS) is 11.2. The Morgan fingerprint density at radius 3 is 2.79 bits per heavy atom. The third-order valence-electron chi connectivity index (χ3n) is 3.58. The van der Waals surface area contributed by atoms with Crippen molar-refractivity contribution in [3.63, 3.8) is 0 Å². The summed E-state index contributed by atoms with van der Waals surface area (Å²) in [6.45, 7) is 2.69. The third kappa shape index (κ3) is 3.32. The Morgan fingerprint density at radius 1 is 1.25 bits per heavy atom. The lowest BCUT2D eigenvalue weighted by molar-refractivity contribution is -0.138. The molecule has 0 N–H and O–H groups in total. The Bertz CT molecular complexity index is 888. The maximum absolute atomic E-state index is 14.4. The van der Waals surface area contributed by atoms with E-state index in [1.54, 1.807) is 16.8 Å². The number of hydrogen-bond donors (Lipinski definition) is 0. The van der Waals surface area contributed by atoms with Crippen molar-refractivity contribution in [1.82, 2.24) is 15.0 Å². The molecule has 0 aliphatic carbocycles. The predicted molar refractivity (Wildman–Crippen MR) is 88.4 cm³/mol. The monoisotopic (exact) mass is 325 g/mol. The van der Waals surface area contributed by atoms with E-state index in [9.17, 15) is 9.18 Å². The first-order chi connectivity index (χ1) is 11.7. The van der Waals surface area contributed by atoms with Gasteiger partial charge in [-0.1, -0.05) is 35.5 Å². The summed E-state index contributed by atoms with van der Waals surface area (Å²) in [7, 11) is 0. The van der Waals surface area contributed by atoms with Gasteiger partial charge in [-0.25, -0.2) is 13.9 Å². The Hall–Kier alpha value is -3.02. The summed E-state index contributed by atoms with van der Waals surface area (Å²) in [5, 5.41) is 7.73. The SMILES string of the molecule is CCn1nnc2c(F)c(/C=C/C(=O)OCc3ccccc3)ccc21. The maximum atomic E-state index is 14.4. The highest BCUT2D eigenvalue weighted by molar-refractivity contribution is 5.88. The topological polar surface area (TPSA) is 57.0 Å². The number of halogens is 1. The number of nitrogens with zero attached hydrogens (tertiary/aromatic N) is 3. The number of esters is 1. The fourth-order valence-corrected chi connectivity index (χ4v) is 2.32. The molecular weight excluding hydrogens is 309 g/mol. The highest BCUT2D eigenvalue weighted by atomic mass is 19.1. The van der Waals surface area contributed by atoms with E-state index < -0.39 is 11.8 Å². The minimum Gasteiger partial charge on any atom is -0.458 e. The summed E-state index contributed by atoms with van der Waals surface area (Å²) in [6, 6.07) is 12.7. The van der Waals surface area contributed by atoms with Crippen molar-refractivity contribution < 1.29 is 13.9 Å². The second-order valence-electron chi connectivity index (χ2n) is 5.17. The van der Waals surface area contributed by atoms with Gasteiger partial charge in [0.25, 0.3) is 0 Å². The van der Waals surface area contributed by atoms with Gasteiger partial charge in [0.15, 0.2) is 5.82 Å². The zero-order valence-electron chi connectivity index (χ0n) is 13.1. The average molecular weight is 325 g/mol. The van der Waals surface area contributed by atoms with Crippen LogP contribution in [0.4, 0.5) is 4.39 Å². The zero-order valence-corrected chi connectivity index (χ0v) is 13.1. The number of rotatable bonds is 5. The molecule has 0 unspecified atom stereocenters. The maximum Gasteiger partial charge on any atom is 0.331 e. The number of carbonyl (C=O) groups excluding carboxylic acids is 1. The summed E-state index contributed by atoms with van der Waals surface area (Å²) in [4.78, 5) is 11.8. The number of fused-ring (bicyclic) bond motifs is 1. The van der Waals surface area contributed by atoms with Crippen molar-refractivity contribution >= 4 is 23.1 Å². The molecule has 0 aliphatic heterocycles. The van der Waals surface area contributed by atoms with Gasteiger partial charge in [-0.3, -0.25) is 0 Å². The minimum atomic E-state index is -0.532. The fourth-order valence-electron chi connectivity index (χ4n) is 2.32. The molecule has 5 nitrogen and oxygen atoms in total. The van der Waals surface area contributed by atoms with E-state index in [-0.39, 0.29) is 17.7 Å². The summed E-state index contributed by atoms with van der Waals surface area (Å²) in [6.07, 6.45) is 2.59. The van der Waals surface area contributed by atoms with Crippen LogP contribution in [0.25, 0.3) is 17.1 Å². The number of ether oxygens (including phenoxy) is 1. The van der Waals surface area contributed by atoms with Crippen molar-refractivity contribution in [2.45, 2.75) is 20.1 Å². The highest BCUT2D eigenvalue weighted by Gasteiger charge is 2.11. The van der Waals surface area contributed by atoms with E-state index in [2.05, 4.69) is 10.3 Å². The third-order valence-corrected chi connectivity index (χ3v) is 3.58. The molecule has 3 rings (SSSR count). The van der Waals surface area contributed by atoms with Crippen LogP contribution in [0.1, 0.15) is 18.1 Å². The van der Waals surface area contributed by atoms with E-state index in [0.29, 0.717) is 12.1 Å². The van der Waals surface area contributed by atoms with Crippen molar-refractivity contribution in [3.05, 3.63) is 65.5 Å². The van der Waals surface area contributed by atoms with Crippen LogP contribution in [0.3, 0.4) is 0 Å². The van der Waals surface area contributed by atoms with E-state index in [1.165, 1.54) is 12.2 Å². The van der Waals surface area contributed by atoms with E-state index in [0.717, 1.165) is 5.56 Å². The molecule has 3 aromatic rings. The van der Waals surface area contributed by atoms with Gasteiger partial charge in [0.1, 0.15) is 12.1 Å². The van der Waals surface area contributed by atoms with Gasteiger partial charge in [0, 0.05) is 18.2 Å². The highest BCUT2D eigenvalue weighted by Crippen LogP contribution is 2.20. The second kappa shape index (κ2) is 7.04. The largest absolute Gasteiger partial charge is 0.458 e. The van der Waals surface area contributed by atoms with Crippen LogP contribution in [0.15, 0.2) is 48.5 Å². The van der Waals surface area contributed by atoms with Crippen molar-refractivity contribution in [2.24, 2.45) is 0 Å². The van der Waals surface area contributed by atoms with Crippen LogP contribution in [-0.2, 0) is 22.7 Å². The number of hydrogen-bond acceptors (Lipinski definition) is 4. The van der Waals surface area contributed by atoms with Crippen LogP contribution >= 0.6 is 0 Å². The Balaban J connectivity index is 1.71. The van der Waals surface area contributed by atoms with E-state index in [4.69, 9.17) is 4.74 Å². The lowest BCUT2D eigenvalue weighted by Gasteiger charge is -2.02. The molecule has 1 aromatic heterocycles. The van der Waals surface area contributed by atoms with Crippen LogP contribution in [0.2, 0.25) is 0 Å². The van der Waals surface area contributed by atoms with Crippen LogP contribution in [0.5, 0.6) is 0 Å². The van der Waals surface area contributed by atoms with Crippen LogP contribution in [0, 0.1) is 5.82 Å². The van der Waals surface area contributed by atoms with Crippen molar-refractivity contribution in [3.8, 4) is 0 Å². The number of carbonyl (C=O) groups is 1. The first-order valence-corrected chi connectivity index (χ1v) is 7.59. The molecule has 0 spiro atoms. The second-order valence-corrected chi connectivity index (χ2v) is 5.17. The van der Waals surface area contributed by atoms with Gasteiger partial charge < -0.3 is 4.74 Å². The summed E-state index contributed by atoms with van der Waals surface area (Å²) < 4.78 is 21.1. The van der Waals surface area contributed by atoms with Crippen LogP contribution in [-0.4, -0.2) is 21.0 Å². The van der Waals surface area contributed by atoms with Gasteiger partial charge in [0.05, 0.1) is 5.52 Å². The molecule has 6 heteroatoms. The molecule has 0 amide bonds. The predicted octanol–water partition coefficient (Wildman–Crippen LogP) is 3.35. The molecule has 0 aliphatic rings. The summed E-state index contributed by atoms with van der Waals surface area (Å²) in [5.74, 6) is -1.03. The Kier molecular flexibility index (Phi) is 4.65. The first-order valence-electron chi connectivity index (χ1n) is 7.59. The number of aromatic nitrogens is 3. The van der Waals surface area contributed by atoms with E-state index >= 15 is 0 Å². The summed E-state index contributed by atoms with van der Waals surface area (Å²) in [5.41, 5.74) is 1.97. The van der Waals surface area contributed by atoms with Gasteiger partial charge in [0.2, 0.25) is 0 Å². The molecule has 0 saturated carbocycles. The Morgan fingerprint density at radius 2 is 2.04 bits per heavy atom. The number of benzene rings is 2. The van der Waals surface area contributed by atoms with Gasteiger partial charge in [-0.05, 0) is 30.7 Å². The van der Waals surface area contributed by atoms with Crippen molar-refractivity contribution in [2.75, 3.05) is 0 Å². The van der Waals surface area contributed by atoms with E-state index in [1.807, 2.05) is 37.3 Å². The molecule has 24 heavy (non-hydrogen) atoms. The lowest BCUT2D eigenvalue weighted by atomic mass is 10.1. The average Bonchev–Trinajstić information content (AvgIpc) is 3.04. The zero-order chi connectivity index (χ0) is 16.9. The molecule has 0 saturated heterocycles.